The van der Waals surface area contributed by atoms with E-state index >= 15 is 0 Å². The van der Waals surface area contributed by atoms with Gasteiger partial charge in [0.05, 0.1) is 19.5 Å². The van der Waals surface area contributed by atoms with Crippen LogP contribution in [-0.2, 0) is 0 Å². The van der Waals surface area contributed by atoms with Crippen molar-refractivity contribution in [1.82, 2.24) is 4.98 Å². The highest BCUT2D eigenvalue weighted by molar-refractivity contribution is 9.10. The lowest BCUT2D eigenvalue weighted by Gasteiger charge is -2.08. The molecule has 1 radical (unpaired) electrons. The molecule has 0 aliphatic carbocycles. The van der Waals surface area contributed by atoms with E-state index in [0.29, 0.717) is 14.8 Å². The minimum atomic E-state index is -0.841. The van der Waals surface area contributed by atoms with Gasteiger partial charge in [0.25, 0.3) is 0 Å². The van der Waals surface area contributed by atoms with E-state index in [2.05, 4.69) is 20.9 Å². The Morgan fingerprint density at radius 3 is 2.58 bits per heavy atom. The van der Waals surface area contributed by atoms with Gasteiger partial charge in [-0.2, -0.15) is 0 Å². The lowest BCUT2D eigenvalue weighted by Crippen LogP contribution is -2.28. The molecule has 0 fully saturated rings. The van der Waals surface area contributed by atoms with E-state index in [9.17, 15) is 4.39 Å². The highest BCUT2D eigenvalue weighted by Crippen LogP contribution is 2.18. The number of halogens is 3. The Hall–Kier alpha value is 0.0669. The Balaban J connectivity index is 3.33. The number of aromatic nitrogens is 1. The van der Waals surface area contributed by atoms with Crippen LogP contribution < -0.4 is 5.19 Å². The number of hydrogen-bond donors (Lipinski definition) is 0. The van der Waals surface area contributed by atoms with Crippen LogP contribution in [0.1, 0.15) is 0 Å². The molecule has 0 bridgehead atoms. The molecule has 0 amide bonds. The summed E-state index contributed by atoms with van der Waals surface area (Å²) in [6.45, 7) is 4.01. The van der Waals surface area contributed by atoms with Crippen molar-refractivity contribution in [2.45, 2.75) is 13.1 Å². The van der Waals surface area contributed by atoms with Crippen molar-refractivity contribution in [1.29, 1.82) is 0 Å². The van der Waals surface area contributed by atoms with Gasteiger partial charge < -0.3 is 0 Å². The van der Waals surface area contributed by atoms with Gasteiger partial charge in [0, 0.05) is 0 Å². The van der Waals surface area contributed by atoms with Gasteiger partial charge >= 0.3 is 0 Å². The van der Waals surface area contributed by atoms with E-state index in [1.165, 1.54) is 6.20 Å². The second kappa shape index (κ2) is 3.85. The maximum atomic E-state index is 13.2. The Kier molecular flexibility index (Phi) is 3.26. The zero-order valence-electron chi connectivity index (χ0n) is 6.66. The highest BCUT2D eigenvalue weighted by atomic mass is 79.9. The van der Waals surface area contributed by atoms with Crippen molar-refractivity contribution in [2.24, 2.45) is 0 Å². The van der Waals surface area contributed by atoms with E-state index in [1.807, 2.05) is 13.1 Å². The summed E-state index contributed by atoms with van der Waals surface area (Å²) in [5.74, 6) is -0.273. The van der Waals surface area contributed by atoms with Crippen LogP contribution >= 0.6 is 27.5 Å². The molecule has 0 saturated carbocycles. The SMILES string of the molecule is C[Si](C)c1c(F)cnc(Cl)c1Br. The predicted octanol–water partition coefficient (Wildman–Crippen LogP) is 2.60. The second-order valence-electron chi connectivity index (χ2n) is 2.59. The Morgan fingerprint density at radius 2 is 2.17 bits per heavy atom. The number of pyridine rings is 1. The third-order valence-corrected chi connectivity index (χ3v) is 4.57. The molecule has 5 heteroatoms. The largest absolute Gasteiger partial charge is 0.240 e. The summed E-state index contributed by atoms with van der Waals surface area (Å²) in [4.78, 5) is 3.68. The maximum absolute atomic E-state index is 13.2. The van der Waals surface area contributed by atoms with Crippen LogP contribution in [0.2, 0.25) is 18.2 Å². The third-order valence-electron chi connectivity index (χ3n) is 1.43. The molecule has 1 heterocycles. The lowest BCUT2D eigenvalue weighted by atomic mass is 10.5. The first kappa shape index (κ1) is 10.1. The minimum absolute atomic E-state index is 0.273. The molecule has 0 unspecified atom stereocenters. The first-order valence-electron chi connectivity index (χ1n) is 3.34. The Morgan fingerprint density at radius 1 is 1.58 bits per heavy atom. The minimum Gasteiger partial charge on any atom is -0.240 e. The molecule has 0 spiro atoms. The third kappa shape index (κ3) is 1.86. The predicted molar refractivity (Wildman–Crippen MR) is 54.0 cm³/mol. The van der Waals surface area contributed by atoms with Crippen LogP contribution in [0.4, 0.5) is 4.39 Å². The molecule has 65 valence electrons. The average molecular weight is 268 g/mol. The van der Waals surface area contributed by atoms with E-state index in [1.54, 1.807) is 0 Å². The van der Waals surface area contributed by atoms with Gasteiger partial charge in [-0.1, -0.05) is 24.7 Å². The molecule has 1 aromatic heterocycles. The number of rotatable bonds is 1. The van der Waals surface area contributed by atoms with Crippen molar-refractivity contribution in [3.63, 3.8) is 0 Å². The fourth-order valence-corrected chi connectivity index (χ4v) is 3.70. The maximum Gasteiger partial charge on any atom is 0.143 e. The van der Waals surface area contributed by atoms with E-state index in [4.69, 9.17) is 11.6 Å². The fraction of sp³-hybridized carbons (Fsp3) is 0.286. The summed E-state index contributed by atoms with van der Waals surface area (Å²) in [7, 11) is -0.841. The molecule has 0 aliphatic heterocycles. The van der Waals surface area contributed by atoms with E-state index in [-0.39, 0.29) is 5.82 Å². The Bertz CT molecular complexity index is 306. The average Bonchev–Trinajstić information content (AvgIpc) is 1.97. The molecule has 1 rings (SSSR count). The van der Waals surface area contributed by atoms with Gasteiger partial charge in [0.2, 0.25) is 0 Å². The standard InChI is InChI=1S/C7H7BrClFNSi/c1-12(2)6-4(10)3-11-7(9)5(6)8/h3H,1-2H3. The first-order valence-corrected chi connectivity index (χ1v) is 7.01. The van der Waals surface area contributed by atoms with Crippen molar-refractivity contribution in [3.8, 4) is 0 Å². The lowest BCUT2D eigenvalue weighted by molar-refractivity contribution is 0.628. The molecule has 0 atom stereocenters. The smallest absolute Gasteiger partial charge is 0.143 e. The summed E-state index contributed by atoms with van der Waals surface area (Å²) < 4.78 is 13.8. The molecule has 12 heavy (non-hydrogen) atoms. The summed E-state index contributed by atoms with van der Waals surface area (Å²) in [5, 5.41) is 1.01. The van der Waals surface area contributed by atoms with Crippen molar-refractivity contribution >= 4 is 41.5 Å². The van der Waals surface area contributed by atoms with Gasteiger partial charge in [-0.3, -0.25) is 0 Å². The summed E-state index contributed by atoms with van der Waals surface area (Å²) in [6.07, 6.45) is 1.17. The summed E-state index contributed by atoms with van der Waals surface area (Å²) in [5.41, 5.74) is 0. The van der Waals surface area contributed by atoms with Gasteiger partial charge in [0.1, 0.15) is 11.0 Å². The molecular formula is C7H7BrClFNSi. The van der Waals surface area contributed by atoms with Gasteiger partial charge in [-0.05, 0) is 21.1 Å². The molecule has 0 saturated heterocycles. The van der Waals surface area contributed by atoms with Crippen LogP contribution in [-0.4, -0.2) is 13.8 Å². The molecular weight excluding hydrogens is 261 g/mol. The van der Waals surface area contributed by atoms with E-state index < -0.39 is 8.80 Å². The van der Waals surface area contributed by atoms with Crippen molar-refractivity contribution in [3.05, 3.63) is 21.6 Å². The zero-order chi connectivity index (χ0) is 9.30. The quantitative estimate of drug-likeness (QED) is 0.563. The van der Waals surface area contributed by atoms with Crippen LogP contribution in [0.15, 0.2) is 10.7 Å². The van der Waals surface area contributed by atoms with E-state index in [0.717, 1.165) is 0 Å². The topological polar surface area (TPSA) is 12.9 Å². The highest BCUT2D eigenvalue weighted by Gasteiger charge is 2.15. The second-order valence-corrected chi connectivity index (χ2v) is 6.24. The Labute approximate surface area is 85.7 Å². The van der Waals surface area contributed by atoms with Crippen LogP contribution in [0, 0.1) is 5.82 Å². The van der Waals surface area contributed by atoms with Crippen molar-refractivity contribution in [2.75, 3.05) is 0 Å². The number of nitrogens with zero attached hydrogens (tertiary/aromatic N) is 1. The molecule has 1 nitrogen and oxygen atoms in total. The number of hydrogen-bond acceptors (Lipinski definition) is 1. The van der Waals surface area contributed by atoms with Crippen LogP contribution in [0.5, 0.6) is 0 Å². The molecule has 0 N–H and O–H groups in total. The zero-order valence-corrected chi connectivity index (χ0v) is 10.0. The summed E-state index contributed by atoms with van der Waals surface area (Å²) >= 11 is 8.94. The van der Waals surface area contributed by atoms with Gasteiger partial charge in [-0.15, -0.1) is 0 Å². The van der Waals surface area contributed by atoms with Gasteiger partial charge in [-0.25, -0.2) is 9.37 Å². The van der Waals surface area contributed by atoms with Crippen LogP contribution in [0.25, 0.3) is 0 Å². The summed E-state index contributed by atoms with van der Waals surface area (Å²) in [6, 6.07) is 0. The fourth-order valence-electron chi connectivity index (χ4n) is 0.901. The molecule has 0 aromatic carbocycles. The van der Waals surface area contributed by atoms with Crippen LogP contribution in [0.3, 0.4) is 0 Å². The molecule has 1 aromatic rings. The normalized spacial score (nSPS) is 10.8. The van der Waals surface area contributed by atoms with Gasteiger partial charge in [0.15, 0.2) is 0 Å². The monoisotopic (exact) mass is 266 g/mol. The first-order chi connectivity index (χ1) is 5.54. The van der Waals surface area contributed by atoms with Crippen molar-refractivity contribution < 1.29 is 4.39 Å². The molecule has 0 aliphatic rings.